The normalized spacial score (nSPS) is 11.3. The van der Waals surface area contributed by atoms with Gasteiger partial charge in [0.2, 0.25) is 0 Å². The molecule has 0 aliphatic heterocycles. The highest BCUT2D eigenvalue weighted by Gasteiger charge is 2.19. The van der Waals surface area contributed by atoms with Crippen molar-refractivity contribution in [3.05, 3.63) is 17.7 Å². The van der Waals surface area contributed by atoms with Crippen LogP contribution in [0.25, 0.3) is 0 Å². The Balaban J connectivity index is 3.52. The van der Waals surface area contributed by atoms with Gasteiger partial charge < -0.3 is 15.9 Å². The van der Waals surface area contributed by atoms with Crippen LogP contribution in [0, 0.1) is 0 Å². The highest BCUT2D eigenvalue weighted by atomic mass is 32.2. The van der Waals surface area contributed by atoms with Crippen LogP contribution in [-0.2, 0) is 10.1 Å². The Labute approximate surface area is 84.5 Å². The van der Waals surface area contributed by atoms with Gasteiger partial charge in [0, 0.05) is 6.07 Å². The van der Waals surface area contributed by atoms with E-state index in [0.717, 1.165) is 6.07 Å². The number of benzene rings is 1. The standard InChI is InChI=1S/C7H7NO6S/c8-4-1-3(7(10)11)5(9)2-6(4)15(12,13)14/h1-2,9H,8H2,(H,10,11)(H,12,13,14). The number of carboxylic acids is 1. The summed E-state index contributed by atoms with van der Waals surface area (Å²) in [6.07, 6.45) is 0. The Hall–Kier alpha value is -1.80. The Morgan fingerprint density at radius 3 is 2.27 bits per heavy atom. The number of hydrogen-bond acceptors (Lipinski definition) is 5. The van der Waals surface area contributed by atoms with Gasteiger partial charge in [-0.1, -0.05) is 0 Å². The van der Waals surface area contributed by atoms with Crippen molar-refractivity contribution < 1.29 is 28.0 Å². The predicted molar refractivity (Wildman–Crippen MR) is 49.3 cm³/mol. The maximum atomic E-state index is 10.7. The van der Waals surface area contributed by atoms with Gasteiger partial charge in [-0.3, -0.25) is 4.55 Å². The lowest BCUT2D eigenvalue weighted by Gasteiger charge is -2.05. The van der Waals surface area contributed by atoms with Crippen LogP contribution in [0.5, 0.6) is 5.75 Å². The monoisotopic (exact) mass is 233 g/mol. The molecule has 0 spiro atoms. The van der Waals surface area contributed by atoms with Gasteiger partial charge in [-0.05, 0) is 6.07 Å². The lowest BCUT2D eigenvalue weighted by Crippen LogP contribution is -2.06. The summed E-state index contributed by atoms with van der Waals surface area (Å²) in [7, 11) is -4.58. The molecule has 15 heavy (non-hydrogen) atoms. The Kier molecular flexibility index (Phi) is 2.56. The summed E-state index contributed by atoms with van der Waals surface area (Å²) in [5, 5.41) is 17.7. The van der Waals surface area contributed by atoms with Gasteiger partial charge in [-0.25, -0.2) is 4.79 Å². The SMILES string of the molecule is Nc1cc(C(=O)O)c(O)cc1S(=O)(=O)O. The number of phenols is 1. The average Bonchev–Trinajstić information content (AvgIpc) is 2.06. The topological polar surface area (TPSA) is 138 Å². The third-order valence-corrected chi connectivity index (χ3v) is 2.55. The van der Waals surface area contributed by atoms with Gasteiger partial charge in [0.15, 0.2) is 0 Å². The van der Waals surface area contributed by atoms with Crippen LogP contribution < -0.4 is 5.73 Å². The molecule has 0 aliphatic carbocycles. The number of nitrogen functional groups attached to an aromatic ring is 1. The number of aromatic hydroxyl groups is 1. The van der Waals surface area contributed by atoms with E-state index in [4.69, 9.17) is 20.5 Å². The largest absolute Gasteiger partial charge is 0.507 e. The Morgan fingerprint density at radius 2 is 1.87 bits per heavy atom. The summed E-state index contributed by atoms with van der Waals surface area (Å²) < 4.78 is 30.1. The highest BCUT2D eigenvalue weighted by molar-refractivity contribution is 7.86. The first-order chi connectivity index (χ1) is 6.73. The van der Waals surface area contributed by atoms with Crippen LogP contribution in [0.3, 0.4) is 0 Å². The molecular formula is C7H7NO6S. The van der Waals surface area contributed by atoms with Crippen molar-refractivity contribution >= 4 is 21.8 Å². The van der Waals surface area contributed by atoms with E-state index in [1.807, 2.05) is 0 Å². The van der Waals surface area contributed by atoms with Gasteiger partial charge in [0.1, 0.15) is 16.2 Å². The smallest absolute Gasteiger partial charge is 0.339 e. The van der Waals surface area contributed by atoms with Crippen molar-refractivity contribution in [3.63, 3.8) is 0 Å². The lowest BCUT2D eigenvalue weighted by atomic mass is 10.2. The molecule has 0 fully saturated rings. The summed E-state index contributed by atoms with van der Waals surface area (Å²) >= 11 is 0. The molecule has 0 heterocycles. The molecule has 0 bridgehead atoms. The average molecular weight is 233 g/mol. The number of nitrogens with two attached hydrogens (primary N) is 1. The third kappa shape index (κ3) is 2.17. The van der Waals surface area contributed by atoms with Crippen molar-refractivity contribution in [2.24, 2.45) is 0 Å². The van der Waals surface area contributed by atoms with Gasteiger partial charge in [0.25, 0.3) is 10.1 Å². The summed E-state index contributed by atoms with van der Waals surface area (Å²) in [4.78, 5) is 9.78. The summed E-state index contributed by atoms with van der Waals surface area (Å²) in [6.45, 7) is 0. The molecule has 0 aliphatic rings. The quantitative estimate of drug-likeness (QED) is 0.318. The zero-order valence-corrected chi connectivity index (χ0v) is 8.02. The van der Waals surface area contributed by atoms with Crippen LogP contribution in [0.4, 0.5) is 5.69 Å². The molecule has 0 saturated heterocycles. The second kappa shape index (κ2) is 3.41. The number of carboxylic acid groups (broad SMARTS) is 1. The minimum atomic E-state index is -4.58. The molecule has 0 atom stereocenters. The van der Waals surface area contributed by atoms with Crippen molar-refractivity contribution in [1.82, 2.24) is 0 Å². The molecule has 0 unspecified atom stereocenters. The maximum absolute atomic E-state index is 10.7. The molecule has 1 aromatic rings. The minimum absolute atomic E-state index is 0.451. The van der Waals surface area contributed by atoms with Gasteiger partial charge >= 0.3 is 5.97 Å². The number of hydrogen-bond donors (Lipinski definition) is 4. The van der Waals surface area contributed by atoms with E-state index in [2.05, 4.69) is 0 Å². The molecular weight excluding hydrogens is 226 g/mol. The number of carbonyl (C=O) groups is 1. The molecule has 82 valence electrons. The summed E-state index contributed by atoms with van der Waals surface area (Å²) in [5.41, 5.74) is 4.21. The molecule has 0 amide bonds. The first-order valence-corrected chi connectivity index (χ1v) is 5.00. The van der Waals surface area contributed by atoms with Crippen molar-refractivity contribution in [2.75, 3.05) is 5.73 Å². The summed E-state index contributed by atoms with van der Waals surface area (Å²) in [5.74, 6) is -2.24. The summed E-state index contributed by atoms with van der Waals surface area (Å²) in [6, 6.07) is 1.33. The van der Waals surface area contributed by atoms with E-state index in [0.29, 0.717) is 6.07 Å². The van der Waals surface area contributed by atoms with E-state index in [-0.39, 0.29) is 0 Å². The van der Waals surface area contributed by atoms with Gasteiger partial charge in [0.05, 0.1) is 5.69 Å². The number of anilines is 1. The van der Waals surface area contributed by atoms with Crippen LogP contribution in [0.15, 0.2) is 17.0 Å². The van der Waals surface area contributed by atoms with E-state index < -0.39 is 38.0 Å². The van der Waals surface area contributed by atoms with E-state index in [1.165, 1.54) is 0 Å². The fraction of sp³-hybridized carbons (Fsp3) is 0. The maximum Gasteiger partial charge on any atom is 0.339 e. The van der Waals surface area contributed by atoms with Gasteiger partial charge in [-0.2, -0.15) is 8.42 Å². The van der Waals surface area contributed by atoms with Crippen LogP contribution in [-0.4, -0.2) is 29.2 Å². The zero-order valence-electron chi connectivity index (χ0n) is 7.21. The van der Waals surface area contributed by atoms with E-state index >= 15 is 0 Å². The van der Waals surface area contributed by atoms with Crippen LogP contribution >= 0.6 is 0 Å². The van der Waals surface area contributed by atoms with E-state index in [1.54, 1.807) is 0 Å². The van der Waals surface area contributed by atoms with E-state index in [9.17, 15) is 13.2 Å². The fourth-order valence-corrected chi connectivity index (χ4v) is 1.60. The molecule has 7 nitrogen and oxygen atoms in total. The molecule has 1 rings (SSSR count). The molecule has 8 heteroatoms. The highest BCUT2D eigenvalue weighted by Crippen LogP contribution is 2.27. The van der Waals surface area contributed by atoms with Crippen LogP contribution in [0.2, 0.25) is 0 Å². The number of rotatable bonds is 2. The number of aromatic carboxylic acids is 1. The van der Waals surface area contributed by atoms with Gasteiger partial charge in [-0.15, -0.1) is 0 Å². The first-order valence-electron chi connectivity index (χ1n) is 3.56. The molecule has 1 aromatic carbocycles. The molecule has 0 aromatic heterocycles. The fourth-order valence-electron chi connectivity index (χ4n) is 0.981. The predicted octanol–water partition coefficient (Wildman–Crippen LogP) is -0.0807. The third-order valence-electron chi connectivity index (χ3n) is 1.64. The zero-order chi connectivity index (χ0) is 11.8. The molecule has 0 saturated carbocycles. The lowest BCUT2D eigenvalue weighted by molar-refractivity contribution is 0.0693. The Bertz CT molecular complexity index is 521. The molecule has 5 N–H and O–H groups in total. The van der Waals surface area contributed by atoms with Crippen molar-refractivity contribution in [1.29, 1.82) is 0 Å². The first kappa shape index (κ1) is 11.3. The minimum Gasteiger partial charge on any atom is -0.507 e. The van der Waals surface area contributed by atoms with Crippen LogP contribution in [0.1, 0.15) is 10.4 Å². The molecule has 0 radical (unpaired) electrons. The van der Waals surface area contributed by atoms with Crippen molar-refractivity contribution in [2.45, 2.75) is 4.90 Å². The van der Waals surface area contributed by atoms with Crippen molar-refractivity contribution in [3.8, 4) is 5.75 Å². The Morgan fingerprint density at radius 1 is 1.33 bits per heavy atom. The second-order valence-electron chi connectivity index (χ2n) is 2.69. The second-order valence-corrected chi connectivity index (χ2v) is 4.08.